The van der Waals surface area contributed by atoms with E-state index in [1.807, 2.05) is 6.92 Å². The van der Waals surface area contributed by atoms with Gasteiger partial charge in [0.2, 0.25) is 0 Å². The molecule has 1 aliphatic carbocycles. The standard InChI is InChI=1S/C18H25NO4/c1-4-8-19(3)17(21)14-9-13(16(20)12-6-7-12)10-15(11-14)18(22)23-5-2/h9-12,16,20H,4-8H2,1-3H3. The van der Waals surface area contributed by atoms with Crippen molar-refractivity contribution in [1.29, 1.82) is 0 Å². The molecule has 0 aliphatic heterocycles. The van der Waals surface area contributed by atoms with Gasteiger partial charge in [-0.2, -0.15) is 0 Å². The summed E-state index contributed by atoms with van der Waals surface area (Å²) in [5.74, 6) is -0.393. The Kier molecular flexibility index (Phi) is 5.77. The summed E-state index contributed by atoms with van der Waals surface area (Å²) in [5.41, 5.74) is 1.35. The third-order valence-electron chi connectivity index (χ3n) is 4.03. The number of esters is 1. The lowest BCUT2D eigenvalue weighted by Crippen LogP contribution is -2.28. The monoisotopic (exact) mass is 319 g/mol. The van der Waals surface area contributed by atoms with Crippen LogP contribution in [0.15, 0.2) is 18.2 Å². The molecule has 126 valence electrons. The molecule has 1 N–H and O–H groups in total. The maximum absolute atomic E-state index is 12.5. The van der Waals surface area contributed by atoms with Crippen molar-refractivity contribution in [2.45, 2.75) is 39.2 Å². The van der Waals surface area contributed by atoms with Crippen LogP contribution in [0.1, 0.15) is 65.5 Å². The van der Waals surface area contributed by atoms with E-state index >= 15 is 0 Å². The zero-order chi connectivity index (χ0) is 17.0. The van der Waals surface area contributed by atoms with Gasteiger partial charge in [0.25, 0.3) is 5.91 Å². The van der Waals surface area contributed by atoms with Crippen LogP contribution in [0.25, 0.3) is 0 Å². The van der Waals surface area contributed by atoms with Crippen LogP contribution in [0.5, 0.6) is 0 Å². The van der Waals surface area contributed by atoms with Crippen molar-refractivity contribution in [3.05, 3.63) is 34.9 Å². The molecule has 1 aromatic rings. The topological polar surface area (TPSA) is 66.8 Å². The fourth-order valence-electron chi connectivity index (χ4n) is 2.62. The van der Waals surface area contributed by atoms with Crippen molar-refractivity contribution in [3.63, 3.8) is 0 Å². The zero-order valence-electron chi connectivity index (χ0n) is 14.0. The molecule has 5 nitrogen and oxygen atoms in total. The van der Waals surface area contributed by atoms with Gasteiger partial charge in [0.05, 0.1) is 18.3 Å². The van der Waals surface area contributed by atoms with Crippen molar-refractivity contribution in [3.8, 4) is 0 Å². The lowest BCUT2D eigenvalue weighted by atomic mass is 9.98. The first-order valence-corrected chi connectivity index (χ1v) is 8.23. The highest BCUT2D eigenvalue weighted by atomic mass is 16.5. The molecule has 0 spiro atoms. The predicted molar refractivity (Wildman–Crippen MR) is 87.3 cm³/mol. The molecular formula is C18H25NO4. The summed E-state index contributed by atoms with van der Waals surface area (Å²) < 4.78 is 5.04. The first kappa shape index (κ1) is 17.5. The Balaban J connectivity index is 2.35. The van der Waals surface area contributed by atoms with E-state index in [1.54, 1.807) is 37.1 Å². The van der Waals surface area contributed by atoms with Gasteiger partial charge in [-0.3, -0.25) is 4.79 Å². The molecule has 0 bridgehead atoms. The molecule has 0 heterocycles. The molecule has 1 fully saturated rings. The molecule has 1 aromatic carbocycles. The van der Waals surface area contributed by atoms with Crippen LogP contribution in [0, 0.1) is 5.92 Å². The Labute approximate surface area is 137 Å². The van der Waals surface area contributed by atoms with Gasteiger partial charge >= 0.3 is 5.97 Å². The number of ether oxygens (including phenoxy) is 1. The highest BCUT2D eigenvalue weighted by Gasteiger charge is 2.32. The summed E-state index contributed by atoms with van der Waals surface area (Å²) >= 11 is 0. The van der Waals surface area contributed by atoms with E-state index in [4.69, 9.17) is 4.74 Å². The van der Waals surface area contributed by atoms with Crippen LogP contribution >= 0.6 is 0 Å². The SMILES string of the molecule is CCCN(C)C(=O)c1cc(C(=O)OCC)cc(C(O)C2CC2)c1. The molecule has 1 saturated carbocycles. The highest BCUT2D eigenvalue weighted by Crippen LogP contribution is 2.41. The average molecular weight is 319 g/mol. The maximum Gasteiger partial charge on any atom is 0.338 e. The second kappa shape index (κ2) is 7.59. The molecule has 2 rings (SSSR count). The van der Waals surface area contributed by atoms with Crippen LogP contribution in [0.3, 0.4) is 0 Å². The molecule has 0 radical (unpaired) electrons. The Hall–Kier alpha value is -1.88. The second-order valence-electron chi connectivity index (χ2n) is 6.07. The van der Waals surface area contributed by atoms with Crippen molar-refractivity contribution < 1.29 is 19.4 Å². The number of hydrogen-bond acceptors (Lipinski definition) is 4. The van der Waals surface area contributed by atoms with E-state index in [-0.39, 0.29) is 18.4 Å². The minimum Gasteiger partial charge on any atom is -0.462 e. The second-order valence-corrected chi connectivity index (χ2v) is 6.07. The highest BCUT2D eigenvalue weighted by molar-refractivity contribution is 5.98. The molecule has 1 atom stereocenters. The van der Waals surface area contributed by atoms with E-state index in [1.165, 1.54) is 0 Å². The third kappa shape index (κ3) is 4.32. The zero-order valence-corrected chi connectivity index (χ0v) is 14.0. The number of hydrogen-bond donors (Lipinski definition) is 1. The van der Waals surface area contributed by atoms with E-state index in [0.717, 1.165) is 19.3 Å². The van der Waals surface area contributed by atoms with Crippen molar-refractivity contribution >= 4 is 11.9 Å². The molecule has 0 aromatic heterocycles. The van der Waals surface area contributed by atoms with E-state index in [2.05, 4.69) is 0 Å². The van der Waals surface area contributed by atoms with Gasteiger partial charge < -0.3 is 14.7 Å². The summed E-state index contributed by atoms with van der Waals surface area (Å²) in [5, 5.41) is 10.4. The lowest BCUT2D eigenvalue weighted by molar-refractivity contribution is 0.0526. The van der Waals surface area contributed by atoms with Gasteiger partial charge in [-0.15, -0.1) is 0 Å². The van der Waals surface area contributed by atoms with Crippen LogP contribution in [0.4, 0.5) is 0 Å². The number of nitrogens with zero attached hydrogens (tertiary/aromatic N) is 1. The number of benzene rings is 1. The number of amides is 1. The fourth-order valence-corrected chi connectivity index (χ4v) is 2.62. The minimum absolute atomic E-state index is 0.151. The normalized spacial score (nSPS) is 15.1. The van der Waals surface area contributed by atoms with Gasteiger partial charge in [-0.25, -0.2) is 4.79 Å². The van der Waals surface area contributed by atoms with Crippen LogP contribution in [-0.2, 0) is 4.74 Å². The molecule has 0 saturated heterocycles. The van der Waals surface area contributed by atoms with Gasteiger partial charge in [0.1, 0.15) is 0 Å². The number of aliphatic hydroxyl groups excluding tert-OH is 1. The smallest absolute Gasteiger partial charge is 0.338 e. The van der Waals surface area contributed by atoms with Gasteiger partial charge in [0.15, 0.2) is 0 Å². The number of carbonyl (C=O) groups excluding carboxylic acids is 2. The van der Waals surface area contributed by atoms with E-state index in [0.29, 0.717) is 23.2 Å². The third-order valence-corrected chi connectivity index (χ3v) is 4.03. The number of carbonyl (C=O) groups is 2. The summed E-state index contributed by atoms with van der Waals surface area (Å²) in [4.78, 5) is 26.2. The lowest BCUT2D eigenvalue weighted by Gasteiger charge is -2.18. The fraction of sp³-hybridized carbons (Fsp3) is 0.556. The van der Waals surface area contributed by atoms with Crippen LogP contribution < -0.4 is 0 Å². The summed E-state index contributed by atoms with van der Waals surface area (Å²) in [6.45, 7) is 4.65. The van der Waals surface area contributed by atoms with E-state index < -0.39 is 12.1 Å². The predicted octanol–water partition coefficient (Wildman–Crippen LogP) is 2.79. The van der Waals surface area contributed by atoms with Gasteiger partial charge in [-0.1, -0.05) is 6.92 Å². The number of aliphatic hydroxyl groups is 1. The molecule has 23 heavy (non-hydrogen) atoms. The van der Waals surface area contributed by atoms with Crippen molar-refractivity contribution in [2.75, 3.05) is 20.2 Å². The first-order chi connectivity index (χ1) is 11.0. The molecule has 1 aliphatic rings. The summed E-state index contributed by atoms with van der Waals surface area (Å²) in [7, 11) is 1.74. The summed E-state index contributed by atoms with van der Waals surface area (Å²) in [6.07, 6.45) is 2.18. The van der Waals surface area contributed by atoms with E-state index in [9.17, 15) is 14.7 Å². The molecule has 5 heteroatoms. The number of rotatable bonds is 7. The Morgan fingerprint density at radius 1 is 1.26 bits per heavy atom. The Morgan fingerprint density at radius 2 is 1.91 bits per heavy atom. The van der Waals surface area contributed by atoms with Crippen molar-refractivity contribution in [2.24, 2.45) is 5.92 Å². The largest absolute Gasteiger partial charge is 0.462 e. The van der Waals surface area contributed by atoms with Crippen molar-refractivity contribution in [1.82, 2.24) is 4.90 Å². The van der Waals surface area contributed by atoms with Crippen LogP contribution in [-0.4, -0.2) is 42.1 Å². The van der Waals surface area contributed by atoms with Gasteiger partial charge in [0, 0.05) is 19.2 Å². The molecular weight excluding hydrogens is 294 g/mol. The first-order valence-electron chi connectivity index (χ1n) is 8.23. The summed E-state index contributed by atoms with van der Waals surface area (Å²) in [6, 6.07) is 4.88. The minimum atomic E-state index is -0.632. The Bertz CT molecular complexity index is 580. The quantitative estimate of drug-likeness (QED) is 0.785. The van der Waals surface area contributed by atoms with Crippen LogP contribution in [0.2, 0.25) is 0 Å². The maximum atomic E-state index is 12.5. The Morgan fingerprint density at radius 3 is 2.48 bits per heavy atom. The molecule has 1 amide bonds. The molecule has 1 unspecified atom stereocenters. The average Bonchev–Trinajstić information content (AvgIpc) is 3.38. The van der Waals surface area contributed by atoms with Gasteiger partial charge in [-0.05, 0) is 55.9 Å².